The lowest BCUT2D eigenvalue weighted by Crippen LogP contribution is -2.07. The average molecular weight is 400 g/mol. The molecule has 0 aliphatic heterocycles. The number of aromatic nitrogens is 3. The van der Waals surface area contributed by atoms with E-state index in [1.165, 1.54) is 6.07 Å². The largest absolute Gasteiger partial charge is 0.478 e. The van der Waals surface area contributed by atoms with Crippen LogP contribution in [0.2, 0.25) is 0 Å². The molecule has 30 heavy (non-hydrogen) atoms. The number of para-hydroxylation sites is 3. The number of hydrogen-bond donors (Lipinski definition) is 2. The van der Waals surface area contributed by atoms with Crippen molar-refractivity contribution in [1.82, 2.24) is 15.0 Å². The van der Waals surface area contributed by atoms with Gasteiger partial charge in [-0.25, -0.2) is 4.79 Å². The number of rotatable bonds is 7. The van der Waals surface area contributed by atoms with Gasteiger partial charge in [0, 0.05) is 0 Å². The Morgan fingerprint density at radius 3 is 1.73 bits per heavy atom. The third-order valence-corrected chi connectivity index (χ3v) is 3.90. The van der Waals surface area contributed by atoms with E-state index in [1.807, 2.05) is 36.4 Å². The number of benzene rings is 3. The number of nitrogens with one attached hydrogen (secondary N) is 1. The third kappa shape index (κ3) is 4.68. The van der Waals surface area contributed by atoms with Crippen LogP contribution in [0, 0.1) is 0 Å². The van der Waals surface area contributed by atoms with Crippen LogP contribution >= 0.6 is 0 Å². The molecule has 0 saturated carbocycles. The van der Waals surface area contributed by atoms with E-state index in [0.29, 0.717) is 17.2 Å². The number of anilines is 2. The van der Waals surface area contributed by atoms with E-state index in [9.17, 15) is 9.90 Å². The molecule has 148 valence electrons. The number of hydrogen-bond acceptors (Lipinski definition) is 7. The van der Waals surface area contributed by atoms with Crippen LogP contribution in [0.1, 0.15) is 10.4 Å². The Morgan fingerprint density at radius 2 is 1.20 bits per heavy atom. The molecule has 0 aliphatic rings. The van der Waals surface area contributed by atoms with Gasteiger partial charge in [-0.3, -0.25) is 0 Å². The first-order chi connectivity index (χ1) is 14.7. The lowest BCUT2D eigenvalue weighted by atomic mass is 10.2. The molecule has 0 atom stereocenters. The maximum absolute atomic E-state index is 11.5. The summed E-state index contributed by atoms with van der Waals surface area (Å²) in [5.74, 6) is 0.0710. The summed E-state index contributed by atoms with van der Waals surface area (Å²) in [5, 5.41) is 12.3. The van der Waals surface area contributed by atoms with E-state index in [0.717, 1.165) is 0 Å². The molecule has 1 aromatic heterocycles. The first-order valence-corrected chi connectivity index (χ1v) is 8.98. The normalized spacial score (nSPS) is 10.3. The third-order valence-electron chi connectivity index (χ3n) is 3.90. The van der Waals surface area contributed by atoms with Crippen molar-refractivity contribution in [3.05, 3.63) is 90.5 Å². The maximum atomic E-state index is 11.5. The molecule has 2 N–H and O–H groups in total. The summed E-state index contributed by atoms with van der Waals surface area (Å²) in [4.78, 5) is 24.2. The van der Waals surface area contributed by atoms with Crippen LogP contribution < -0.4 is 14.8 Å². The lowest BCUT2D eigenvalue weighted by molar-refractivity contribution is 0.0698. The maximum Gasteiger partial charge on any atom is 0.337 e. The second-order valence-electron chi connectivity index (χ2n) is 6.03. The molecule has 4 aromatic rings. The van der Waals surface area contributed by atoms with Crippen LogP contribution in [-0.4, -0.2) is 26.0 Å². The van der Waals surface area contributed by atoms with Crippen molar-refractivity contribution in [3.8, 4) is 23.5 Å². The number of aromatic carboxylic acids is 1. The molecule has 0 unspecified atom stereocenters. The van der Waals surface area contributed by atoms with Gasteiger partial charge in [0.2, 0.25) is 5.95 Å². The predicted octanol–water partition coefficient (Wildman–Crippen LogP) is 4.90. The molecule has 0 spiro atoms. The van der Waals surface area contributed by atoms with E-state index in [1.54, 1.807) is 42.5 Å². The summed E-state index contributed by atoms with van der Waals surface area (Å²) in [6.07, 6.45) is 0. The van der Waals surface area contributed by atoms with Gasteiger partial charge in [-0.2, -0.15) is 9.97 Å². The van der Waals surface area contributed by atoms with Gasteiger partial charge in [0.1, 0.15) is 11.5 Å². The molecule has 0 bridgehead atoms. The molecular weight excluding hydrogens is 384 g/mol. The van der Waals surface area contributed by atoms with E-state index in [2.05, 4.69) is 20.3 Å². The second-order valence-corrected chi connectivity index (χ2v) is 6.03. The molecule has 3 aromatic carbocycles. The SMILES string of the molecule is O=C(O)c1ccccc1Nc1nc(Oc2ccccc2)nc(Oc2ccccc2)n1. The van der Waals surface area contributed by atoms with Crippen LogP contribution in [0.4, 0.5) is 11.6 Å². The number of nitrogens with zero attached hydrogens (tertiary/aromatic N) is 3. The van der Waals surface area contributed by atoms with E-state index < -0.39 is 5.97 Å². The van der Waals surface area contributed by atoms with Crippen molar-refractivity contribution < 1.29 is 19.4 Å². The van der Waals surface area contributed by atoms with Crippen LogP contribution in [-0.2, 0) is 0 Å². The van der Waals surface area contributed by atoms with Crippen molar-refractivity contribution in [1.29, 1.82) is 0 Å². The molecule has 8 heteroatoms. The molecule has 1 heterocycles. The van der Waals surface area contributed by atoms with Gasteiger partial charge >= 0.3 is 18.0 Å². The average Bonchev–Trinajstić information content (AvgIpc) is 2.75. The molecule has 4 rings (SSSR count). The Kier molecular flexibility index (Phi) is 5.47. The van der Waals surface area contributed by atoms with Gasteiger partial charge in [0.25, 0.3) is 0 Å². The molecule has 0 saturated heterocycles. The fraction of sp³-hybridized carbons (Fsp3) is 0. The molecule has 0 radical (unpaired) electrons. The zero-order valence-electron chi connectivity index (χ0n) is 15.6. The summed E-state index contributed by atoms with van der Waals surface area (Å²) in [6.45, 7) is 0. The topological polar surface area (TPSA) is 106 Å². The van der Waals surface area contributed by atoms with E-state index >= 15 is 0 Å². The van der Waals surface area contributed by atoms with Crippen molar-refractivity contribution in [2.45, 2.75) is 0 Å². The predicted molar refractivity (Wildman–Crippen MR) is 110 cm³/mol. The highest BCUT2D eigenvalue weighted by molar-refractivity contribution is 5.94. The summed E-state index contributed by atoms with van der Waals surface area (Å²) in [6, 6.07) is 24.5. The van der Waals surface area contributed by atoms with Crippen molar-refractivity contribution in [3.63, 3.8) is 0 Å². The highest BCUT2D eigenvalue weighted by Crippen LogP contribution is 2.26. The molecule has 8 nitrogen and oxygen atoms in total. The smallest absolute Gasteiger partial charge is 0.337 e. The molecule has 0 aliphatic carbocycles. The minimum atomic E-state index is -1.08. The Morgan fingerprint density at radius 1 is 0.700 bits per heavy atom. The lowest BCUT2D eigenvalue weighted by Gasteiger charge is -2.11. The van der Waals surface area contributed by atoms with Crippen LogP contribution in [0.15, 0.2) is 84.9 Å². The van der Waals surface area contributed by atoms with Gasteiger partial charge < -0.3 is 19.9 Å². The highest BCUT2D eigenvalue weighted by Gasteiger charge is 2.14. The number of carbonyl (C=O) groups is 1. The Hall–Kier alpha value is -4.46. The summed E-state index contributed by atoms with van der Waals surface area (Å²) in [5.41, 5.74) is 0.404. The molecule has 0 fully saturated rings. The van der Waals surface area contributed by atoms with Crippen LogP contribution in [0.3, 0.4) is 0 Å². The molecule has 0 amide bonds. The summed E-state index contributed by atoms with van der Waals surface area (Å²) >= 11 is 0. The summed E-state index contributed by atoms with van der Waals surface area (Å²) < 4.78 is 11.4. The zero-order chi connectivity index (χ0) is 20.8. The number of ether oxygens (including phenoxy) is 2. The number of carboxylic acid groups (broad SMARTS) is 1. The summed E-state index contributed by atoms with van der Waals surface area (Å²) in [7, 11) is 0. The monoisotopic (exact) mass is 400 g/mol. The number of carboxylic acids is 1. The van der Waals surface area contributed by atoms with Crippen LogP contribution in [0.25, 0.3) is 0 Å². The molecular formula is C22H16N4O4. The van der Waals surface area contributed by atoms with Gasteiger partial charge in [0.15, 0.2) is 0 Å². The first kappa shape index (κ1) is 18.9. The van der Waals surface area contributed by atoms with E-state index in [4.69, 9.17) is 9.47 Å². The van der Waals surface area contributed by atoms with Gasteiger partial charge in [-0.05, 0) is 36.4 Å². The van der Waals surface area contributed by atoms with Crippen LogP contribution in [0.5, 0.6) is 23.5 Å². The first-order valence-electron chi connectivity index (χ1n) is 8.98. The zero-order valence-corrected chi connectivity index (χ0v) is 15.6. The Balaban J connectivity index is 1.69. The highest BCUT2D eigenvalue weighted by atomic mass is 16.5. The van der Waals surface area contributed by atoms with Crippen molar-refractivity contribution in [2.75, 3.05) is 5.32 Å². The minimum absolute atomic E-state index is 0.00237. The van der Waals surface area contributed by atoms with Crippen molar-refractivity contribution in [2.24, 2.45) is 0 Å². The van der Waals surface area contributed by atoms with Gasteiger partial charge in [-0.1, -0.05) is 48.5 Å². The second kappa shape index (κ2) is 8.70. The van der Waals surface area contributed by atoms with Gasteiger partial charge in [0.05, 0.1) is 11.3 Å². The minimum Gasteiger partial charge on any atom is -0.478 e. The Bertz CT molecular complexity index is 1090. The van der Waals surface area contributed by atoms with Gasteiger partial charge in [-0.15, -0.1) is 4.98 Å². The fourth-order valence-corrected chi connectivity index (χ4v) is 2.57. The quantitative estimate of drug-likeness (QED) is 0.451. The van der Waals surface area contributed by atoms with E-state index in [-0.39, 0.29) is 23.5 Å². The fourth-order valence-electron chi connectivity index (χ4n) is 2.57. The standard InChI is InChI=1S/C22H16N4O4/c27-19(28)17-13-7-8-14-18(17)23-20-24-21(29-15-9-3-1-4-10-15)26-22(25-20)30-16-11-5-2-6-12-16/h1-14H,(H,27,28)(H,23,24,25,26). The Labute approximate surface area is 171 Å². The van der Waals surface area contributed by atoms with Crippen molar-refractivity contribution >= 4 is 17.6 Å².